The summed E-state index contributed by atoms with van der Waals surface area (Å²) in [5, 5.41) is 0. The van der Waals surface area contributed by atoms with Crippen molar-refractivity contribution in [2.75, 3.05) is 14.1 Å². The molecule has 0 amide bonds. The first-order chi connectivity index (χ1) is 8.61. The first-order valence-electron chi connectivity index (χ1n) is 5.96. The standard InChI is InChI=1S/C14H17N3O/c1-4-13(18)12(10-16(2)3)11-5-6-14-15-7-8-17(14)9-11/h5-10H,4H2,1-3H3/b12-10-. The normalized spacial score (nSPS) is 11.8. The van der Waals surface area contributed by atoms with E-state index in [0.717, 1.165) is 16.8 Å². The average Bonchev–Trinajstić information content (AvgIpc) is 2.81. The highest BCUT2D eigenvalue weighted by atomic mass is 16.1. The molecular weight excluding hydrogens is 226 g/mol. The lowest BCUT2D eigenvalue weighted by Gasteiger charge is -2.11. The van der Waals surface area contributed by atoms with Gasteiger partial charge in [0.05, 0.1) is 0 Å². The minimum atomic E-state index is 0.142. The van der Waals surface area contributed by atoms with Crippen LogP contribution < -0.4 is 0 Å². The molecule has 0 unspecified atom stereocenters. The van der Waals surface area contributed by atoms with Crippen molar-refractivity contribution in [3.63, 3.8) is 0 Å². The number of ketones is 1. The molecule has 0 atom stereocenters. The van der Waals surface area contributed by atoms with Crippen molar-refractivity contribution in [2.45, 2.75) is 13.3 Å². The van der Waals surface area contributed by atoms with E-state index in [2.05, 4.69) is 4.98 Å². The summed E-state index contributed by atoms with van der Waals surface area (Å²) in [5.74, 6) is 0.142. The van der Waals surface area contributed by atoms with Gasteiger partial charge in [0.2, 0.25) is 0 Å². The number of rotatable bonds is 4. The minimum Gasteiger partial charge on any atom is -0.383 e. The van der Waals surface area contributed by atoms with Gasteiger partial charge in [-0.05, 0) is 12.1 Å². The molecule has 0 aliphatic rings. The van der Waals surface area contributed by atoms with Crippen LogP contribution in [0.3, 0.4) is 0 Å². The molecule has 2 heterocycles. The van der Waals surface area contributed by atoms with E-state index >= 15 is 0 Å². The van der Waals surface area contributed by atoms with Gasteiger partial charge in [-0.2, -0.15) is 0 Å². The molecule has 0 saturated heterocycles. The maximum atomic E-state index is 12.0. The Bertz CT molecular complexity index is 596. The predicted molar refractivity (Wildman–Crippen MR) is 72.2 cm³/mol. The third kappa shape index (κ3) is 2.42. The SMILES string of the molecule is CCC(=O)/C(=C\N(C)C)c1ccc2nccn2c1. The fourth-order valence-corrected chi connectivity index (χ4v) is 1.84. The van der Waals surface area contributed by atoms with Gasteiger partial charge in [-0.25, -0.2) is 4.98 Å². The number of allylic oxidation sites excluding steroid dienone is 1. The largest absolute Gasteiger partial charge is 0.383 e. The molecule has 0 saturated carbocycles. The van der Waals surface area contributed by atoms with Crippen LogP contribution in [-0.4, -0.2) is 34.2 Å². The van der Waals surface area contributed by atoms with Gasteiger partial charge in [-0.3, -0.25) is 4.79 Å². The zero-order valence-electron chi connectivity index (χ0n) is 10.9. The van der Waals surface area contributed by atoms with Crippen LogP contribution in [0.2, 0.25) is 0 Å². The topological polar surface area (TPSA) is 37.6 Å². The van der Waals surface area contributed by atoms with Crippen molar-refractivity contribution in [1.82, 2.24) is 14.3 Å². The Labute approximate surface area is 107 Å². The molecule has 0 radical (unpaired) electrons. The number of carbonyl (C=O) groups is 1. The number of hydrogen-bond acceptors (Lipinski definition) is 3. The van der Waals surface area contributed by atoms with Gasteiger partial charge in [0.1, 0.15) is 5.65 Å². The molecular formula is C14H17N3O. The molecule has 0 aromatic carbocycles. The van der Waals surface area contributed by atoms with Crippen LogP contribution in [-0.2, 0) is 4.79 Å². The Morgan fingerprint density at radius 3 is 2.89 bits per heavy atom. The van der Waals surface area contributed by atoms with E-state index in [0.29, 0.717) is 6.42 Å². The predicted octanol–water partition coefficient (Wildman–Crippen LogP) is 2.22. The van der Waals surface area contributed by atoms with Gasteiger partial charge in [0, 0.05) is 56.4 Å². The lowest BCUT2D eigenvalue weighted by atomic mass is 10.0. The Hall–Kier alpha value is -2.10. The third-order valence-corrected chi connectivity index (χ3v) is 2.71. The van der Waals surface area contributed by atoms with Gasteiger partial charge < -0.3 is 9.30 Å². The van der Waals surface area contributed by atoms with Gasteiger partial charge in [-0.15, -0.1) is 0 Å². The first-order valence-corrected chi connectivity index (χ1v) is 5.96. The summed E-state index contributed by atoms with van der Waals surface area (Å²) in [7, 11) is 3.83. The number of carbonyl (C=O) groups excluding carboxylic acids is 1. The molecule has 2 aromatic heterocycles. The molecule has 2 aromatic rings. The number of imidazole rings is 1. The van der Waals surface area contributed by atoms with Crippen molar-refractivity contribution in [2.24, 2.45) is 0 Å². The summed E-state index contributed by atoms with van der Waals surface area (Å²) in [5.41, 5.74) is 2.53. The van der Waals surface area contributed by atoms with Gasteiger partial charge in [-0.1, -0.05) is 6.92 Å². The van der Waals surface area contributed by atoms with E-state index < -0.39 is 0 Å². The number of Topliss-reactive ketones (excluding diaryl/α,β-unsaturated/α-hetero) is 1. The van der Waals surface area contributed by atoms with Crippen LogP contribution in [0, 0.1) is 0 Å². The van der Waals surface area contributed by atoms with E-state index in [4.69, 9.17) is 0 Å². The van der Waals surface area contributed by atoms with E-state index in [1.165, 1.54) is 0 Å². The molecule has 2 rings (SSSR count). The number of pyridine rings is 1. The summed E-state index contributed by atoms with van der Waals surface area (Å²) in [4.78, 5) is 18.1. The molecule has 0 bridgehead atoms. The number of fused-ring (bicyclic) bond motifs is 1. The second-order valence-corrected chi connectivity index (χ2v) is 4.39. The fraction of sp³-hybridized carbons (Fsp3) is 0.286. The Kier molecular flexibility index (Phi) is 3.46. The van der Waals surface area contributed by atoms with Crippen LogP contribution in [0.1, 0.15) is 18.9 Å². The van der Waals surface area contributed by atoms with Crippen LogP contribution in [0.25, 0.3) is 11.2 Å². The molecule has 4 nitrogen and oxygen atoms in total. The van der Waals surface area contributed by atoms with Crippen LogP contribution in [0.15, 0.2) is 36.9 Å². The first kappa shape index (κ1) is 12.4. The van der Waals surface area contributed by atoms with Gasteiger partial charge >= 0.3 is 0 Å². The summed E-state index contributed by atoms with van der Waals surface area (Å²) >= 11 is 0. The highest BCUT2D eigenvalue weighted by molar-refractivity contribution is 6.20. The summed E-state index contributed by atoms with van der Waals surface area (Å²) in [6, 6.07) is 3.85. The smallest absolute Gasteiger partial charge is 0.164 e. The summed E-state index contributed by atoms with van der Waals surface area (Å²) < 4.78 is 1.92. The zero-order valence-corrected chi connectivity index (χ0v) is 10.9. The van der Waals surface area contributed by atoms with E-state index in [1.807, 2.05) is 61.0 Å². The van der Waals surface area contributed by atoms with Crippen LogP contribution in [0.4, 0.5) is 0 Å². The number of nitrogens with zero attached hydrogens (tertiary/aromatic N) is 3. The monoisotopic (exact) mass is 243 g/mol. The van der Waals surface area contributed by atoms with Crippen LogP contribution >= 0.6 is 0 Å². The van der Waals surface area contributed by atoms with E-state index in [9.17, 15) is 4.79 Å². The lowest BCUT2D eigenvalue weighted by molar-refractivity contribution is -0.113. The molecule has 0 aliphatic carbocycles. The van der Waals surface area contributed by atoms with E-state index in [1.54, 1.807) is 6.20 Å². The average molecular weight is 243 g/mol. The molecule has 4 heteroatoms. The molecule has 0 aliphatic heterocycles. The zero-order chi connectivity index (χ0) is 13.1. The highest BCUT2D eigenvalue weighted by Gasteiger charge is 2.11. The summed E-state index contributed by atoms with van der Waals surface area (Å²) in [6.07, 6.45) is 7.93. The van der Waals surface area contributed by atoms with E-state index in [-0.39, 0.29) is 5.78 Å². The minimum absolute atomic E-state index is 0.142. The highest BCUT2D eigenvalue weighted by Crippen LogP contribution is 2.18. The number of aromatic nitrogens is 2. The summed E-state index contributed by atoms with van der Waals surface area (Å²) in [6.45, 7) is 1.88. The van der Waals surface area contributed by atoms with Crippen LogP contribution in [0.5, 0.6) is 0 Å². The van der Waals surface area contributed by atoms with Gasteiger partial charge in [0.25, 0.3) is 0 Å². The molecule has 18 heavy (non-hydrogen) atoms. The van der Waals surface area contributed by atoms with Crippen molar-refractivity contribution < 1.29 is 4.79 Å². The Morgan fingerprint density at radius 1 is 1.44 bits per heavy atom. The third-order valence-electron chi connectivity index (χ3n) is 2.71. The number of hydrogen-bond donors (Lipinski definition) is 0. The molecule has 0 N–H and O–H groups in total. The van der Waals surface area contributed by atoms with Crippen molar-refractivity contribution in [3.05, 3.63) is 42.5 Å². The molecule has 0 fully saturated rings. The quantitative estimate of drug-likeness (QED) is 0.773. The Balaban J connectivity index is 2.50. The molecule has 0 spiro atoms. The van der Waals surface area contributed by atoms with Gasteiger partial charge in [0.15, 0.2) is 5.78 Å². The fourth-order valence-electron chi connectivity index (χ4n) is 1.84. The second kappa shape index (κ2) is 5.04. The van der Waals surface area contributed by atoms with Crippen molar-refractivity contribution in [3.8, 4) is 0 Å². The molecule has 94 valence electrons. The Morgan fingerprint density at radius 2 is 2.22 bits per heavy atom. The maximum Gasteiger partial charge on any atom is 0.164 e. The van der Waals surface area contributed by atoms with Crippen molar-refractivity contribution >= 4 is 17.0 Å². The lowest BCUT2D eigenvalue weighted by Crippen LogP contribution is -2.08. The van der Waals surface area contributed by atoms with Crippen molar-refractivity contribution in [1.29, 1.82) is 0 Å². The maximum absolute atomic E-state index is 12.0. The second-order valence-electron chi connectivity index (χ2n) is 4.39.